The van der Waals surface area contributed by atoms with E-state index in [2.05, 4.69) is 16.4 Å². The molecule has 0 spiro atoms. The van der Waals surface area contributed by atoms with Crippen LogP contribution in [0.15, 0.2) is 6.07 Å². The van der Waals surface area contributed by atoms with Gasteiger partial charge >= 0.3 is 5.97 Å². The van der Waals surface area contributed by atoms with E-state index < -0.39 is 5.97 Å². The molecule has 0 aliphatic rings. The number of rotatable bonds is 6. The predicted octanol–water partition coefficient (Wildman–Crippen LogP) is 2.24. The number of pyridine rings is 1. The zero-order chi connectivity index (χ0) is 13.5. The second kappa shape index (κ2) is 6.60. The highest BCUT2D eigenvalue weighted by molar-refractivity contribution is 5.66. The zero-order valence-corrected chi connectivity index (χ0v) is 10.7. The maximum Gasteiger partial charge on any atom is 0.303 e. The number of carbonyl (C=O) groups is 1. The highest BCUT2D eigenvalue weighted by Gasteiger charge is 2.07. The minimum Gasteiger partial charge on any atom is -0.481 e. The summed E-state index contributed by atoms with van der Waals surface area (Å²) in [5.41, 5.74) is 2.90. The van der Waals surface area contributed by atoms with Crippen LogP contribution >= 0.6 is 0 Å². The van der Waals surface area contributed by atoms with Crippen LogP contribution < -0.4 is 5.32 Å². The second-order valence-electron chi connectivity index (χ2n) is 4.16. The molecule has 1 aromatic rings. The van der Waals surface area contributed by atoms with E-state index in [1.165, 1.54) is 0 Å². The quantitative estimate of drug-likeness (QED) is 0.753. The summed E-state index contributed by atoms with van der Waals surface area (Å²) in [5, 5.41) is 20.7. The normalized spacial score (nSPS) is 9.83. The average Bonchev–Trinajstić information content (AvgIpc) is 2.27. The highest BCUT2D eigenvalue weighted by Crippen LogP contribution is 2.18. The number of unbranched alkanes of at least 4 members (excludes halogenated alkanes) is 1. The zero-order valence-electron chi connectivity index (χ0n) is 10.7. The van der Waals surface area contributed by atoms with E-state index in [4.69, 9.17) is 10.4 Å². The van der Waals surface area contributed by atoms with Gasteiger partial charge in [0.25, 0.3) is 0 Å². The molecule has 0 aliphatic carbocycles. The van der Waals surface area contributed by atoms with Crippen LogP contribution in [0.2, 0.25) is 0 Å². The van der Waals surface area contributed by atoms with Gasteiger partial charge in [0.05, 0.1) is 16.9 Å². The molecule has 0 fully saturated rings. The molecule has 5 heteroatoms. The van der Waals surface area contributed by atoms with Crippen molar-refractivity contribution in [1.82, 2.24) is 4.98 Å². The molecular weight excluding hydrogens is 230 g/mol. The lowest BCUT2D eigenvalue weighted by atomic mass is 10.1. The van der Waals surface area contributed by atoms with Crippen LogP contribution in [0.1, 0.15) is 36.2 Å². The third kappa shape index (κ3) is 4.06. The summed E-state index contributed by atoms with van der Waals surface area (Å²) < 4.78 is 0. The molecule has 0 aliphatic heterocycles. The second-order valence-corrected chi connectivity index (χ2v) is 4.16. The Hall–Kier alpha value is -2.09. The number of aliphatic carboxylic acids is 1. The summed E-state index contributed by atoms with van der Waals surface area (Å²) >= 11 is 0. The summed E-state index contributed by atoms with van der Waals surface area (Å²) in [6, 6.07) is 3.97. The Morgan fingerprint density at radius 2 is 2.22 bits per heavy atom. The van der Waals surface area contributed by atoms with Gasteiger partial charge in [-0.1, -0.05) is 0 Å². The van der Waals surface area contributed by atoms with Crippen LogP contribution in [-0.4, -0.2) is 22.6 Å². The third-order valence-electron chi connectivity index (χ3n) is 2.57. The van der Waals surface area contributed by atoms with Crippen molar-refractivity contribution in [2.75, 3.05) is 11.9 Å². The molecule has 0 radical (unpaired) electrons. The van der Waals surface area contributed by atoms with Crippen molar-refractivity contribution in [2.24, 2.45) is 0 Å². The summed E-state index contributed by atoms with van der Waals surface area (Å²) in [5.74, 6) is -0.775. The molecule has 0 saturated carbocycles. The highest BCUT2D eigenvalue weighted by atomic mass is 16.4. The van der Waals surface area contributed by atoms with Crippen molar-refractivity contribution in [3.05, 3.63) is 23.0 Å². The molecule has 5 nitrogen and oxygen atoms in total. The van der Waals surface area contributed by atoms with Crippen molar-refractivity contribution in [3.63, 3.8) is 0 Å². The van der Waals surface area contributed by atoms with E-state index in [-0.39, 0.29) is 6.42 Å². The van der Waals surface area contributed by atoms with Crippen LogP contribution in [0.3, 0.4) is 0 Å². The maximum absolute atomic E-state index is 10.4. The summed E-state index contributed by atoms with van der Waals surface area (Å²) in [4.78, 5) is 14.6. The lowest BCUT2D eigenvalue weighted by molar-refractivity contribution is -0.137. The fourth-order valence-electron chi connectivity index (χ4n) is 1.73. The van der Waals surface area contributed by atoms with Crippen molar-refractivity contribution >= 4 is 11.7 Å². The number of nitriles is 1. The third-order valence-corrected chi connectivity index (χ3v) is 2.57. The first-order valence-corrected chi connectivity index (χ1v) is 5.88. The predicted molar refractivity (Wildman–Crippen MR) is 68.4 cm³/mol. The van der Waals surface area contributed by atoms with Gasteiger partial charge in [-0.2, -0.15) is 5.26 Å². The number of carboxylic acids is 1. The van der Waals surface area contributed by atoms with Gasteiger partial charge in [-0.3, -0.25) is 9.78 Å². The number of aromatic nitrogens is 1. The summed E-state index contributed by atoms with van der Waals surface area (Å²) in [6.07, 6.45) is 1.58. The Morgan fingerprint density at radius 1 is 1.50 bits per heavy atom. The fourth-order valence-corrected chi connectivity index (χ4v) is 1.73. The SMILES string of the molecule is Cc1cc(NCCCCC(=O)O)c(C#N)c(C)n1. The molecule has 0 unspecified atom stereocenters. The number of nitrogens with zero attached hydrogens (tertiary/aromatic N) is 2. The minimum absolute atomic E-state index is 0.182. The number of anilines is 1. The van der Waals surface area contributed by atoms with Crippen molar-refractivity contribution in [2.45, 2.75) is 33.1 Å². The monoisotopic (exact) mass is 247 g/mol. The summed E-state index contributed by atoms with van der Waals surface area (Å²) in [7, 11) is 0. The minimum atomic E-state index is -0.775. The van der Waals surface area contributed by atoms with E-state index in [1.807, 2.05) is 13.0 Å². The van der Waals surface area contributed by atoms with E-state index in [0.717, 1.165) is 17.8 Å². The summed E-state index contributed by atoms with van der Waals surface area (Å²) in [6.45, 7) is 4.34. The molecule has 0 saturated heterocycles. The smallest absolute Gasteiger partial charge is 0.303 e. The molecule has 0 atom stereocenters. The van der Waals surface area contributed by atoms with Crippen molar-refractivity contribution < 1.29 is 9.90 Å². The standard InChI is InChI=1S/C13H17N3O2/c1-9-7-12(11(8-14)10(2)16-9)15-6-4-3-5-13(17)18/h7H,3-6H2,1-2H3,(H,15,16)(H,17,18). The van der Waals surface area contributed by atoms with Crippen LogP contribution in [0.25, 0.3) is 0 Å². The molecule has 18 heavy (non-hydrogen) atoms. The molecule has 1 rings (SSSR count). The van der Waals surface area contributed by atoms with Crippen LogP contribution in [0.5, 0.6) is 0 Å². The Balaban J connectivity index is 2.57. The van der Waals surface area contributed by atoms with Crippen LogP contribution in [0, 0.1) is 25.2 Å². The Bertz CT molecular complexity index is 478. The average molecular weight is 247 g/mol. The number of hydrogen-bond donors (Lipinski definition) is 2. The van der Waals surface area contributed by atoms with Gasteiger partial charge in [0, 0.05) is 18.7 Å². The van der Waals surface area contributed by atoms with Gasteiger partial charge in [-0.15, -0.1) is 0 Å². The molecule has 0 aromatic carbocycles. The molecule has 0 amide bonds. The lowest BCUT2D eigenvalue weighted by Gasteiger charge is -2.10. The number of aryl methyl sites for hydroxylation is 2. The van der Waals surface area contributed by atoms with Crippen molar-refractivity contribution in [3.8, 4) is 6.07 Å². The van der Waals surface area contributed by atoms with Crippen molar-refractivity contribution in [1.29, 1.82) is 5.26 Å². The first-order valence-electron chi connectivity index (χ1n) is 5.88. The lowest BCUT2D eigenvalue weighted by Crippen LogP contribution is -2.06. The van der Waals surface area contributed by atoms with E-state index in [0.29, 0.717) is 24.2 Å². The van der Waals surface area contributed by atoms with E-state index >= 15 is 0 Å². The molecular formula is C13H17N3O2. The topological polar surface area (TPSA) is 86.0 Å². The largest absolute Gasteiger partial charge is 0.481 e. The molecule has 1 aromatic heterocycles. The van der Waals surface area contributed by atoms with Gasteiger partial charge in [-0.25, -0.2) is 0 Å². The van der Waals surface area contributed by atoms with Crippen LogP contribution in [-0.2, 0) is 4.79 Å². The Labute approximate surface area is 106 Å². The van der Waals surface area contributed by atoms with Gasteiger partial charge in [0.2, 0.25) is 0 Å². The Morgan fingerprint density at radius 3 is 2.83 bits per heavy atom. The Kier molecular flexibility index (Phi) is 5.12. The van der Waals surface area contributed by atoms with Gasteiger partial charge in [0.1, 0.15) is 6.07 Å². The number of carboxylic acid groups (broad SMARTS) is 1. The maximum atomic E-state index is 10.4. The molecule has 1 heterocycles. The fraction of sp³-hybridized carbons (Fsp3) is 0.462. The van der Waals surface area contributed by atoms with E-state index in [9.17, 15) is 4.79 Å². The first-order chi connectivity index (χ1) is 8.54. The van der Waals surface area contributed by atoms with E-state index in [1.54, 1.807) is 6.92 Å². The van der Waals surface area contributed by atoms with Gasteiger partial charge in [0.15, 0.2) is 0 Å². The molecule has 0 bridgehead atoms. The number of nitrogens with one attached hydrogen (secondary N) is 1. The molecule has 96 valence electrons. The van der Waals surface area contributed by atoms with Crippen LogP contribution in [0.4, 0.5) is 5.69 Å². The first kappa shape index (κ1) is 14.0. The van der Waals surface area contributed by atoms with Gasteiger partial charge in [-0.05, 0) is 32.8 Å². The van der Waals surface area contributed by atoms with Gasteiger partial charge < -0.3 is 10.4 Å². The number of hydrogen-bond acceptors (Lipinski definition) is 4. The molecule has 2 N–H and O–H groups in total.